The van der Waals surface area contributed by atoms with E-state index in [1.807, 2.05) is 0 Å². The minimum atomic E-state index is -0.278. The highest BCUT2D eigenvalue weighted by Crippen LogP contribution is 2.66. The van der Waals surface area contributed by atoms with Crippen molar-refractivity contribution in [1.29, 1.82) is 0 Å². The molecule has 240 valence electrons. The summed E-state index contributed by atoms with van der Waals surface area (Å²) in [7, 11) is 0. The minimum absolute atomic E-state index is 0.278. The van der Waals surface area contributed by atoms with Crippen molar-refractivity contribution in [2.45, 2.75) is 11.3 Å². The fourth-order valence-electron chi connectivity index (χ4n) is 9.78. The molecule has 51 heavy (non-hydrogen) atoms. The zero-order chi connectivity index (χ0) is 33.5. The van der Waals surface area contributed by atoms with Gasteiger partial charge in [-0.25, -0.2) is 0 Å². The fourth-order valence-corrected chi connectivity index (χ4v) is 9.78. The third-order valence-corrected chi connectivity index (χ3v) is 11.7. The van der Waals surface area contributed by atoms with E-state index in [0.717, 1.165) is 11.4 Å². The summed E-state index contributed by atoms with van der Waals surface area (Å²) in [5, 5.41) is 2.49. The van der Waals surface area contributed by atoms with Crippen LogP contribution in [0.1, 0.15) is 28.2 Å². The molecule has 3 aliphatic carbocycles. The molecule has 3 atom stereocenters. The van der Waals surface area contributed by atoms with Crippen LogP contribution >= 0.6 is 0 Å². The number of anilines is 3. The molecule has 1 heterocycles. The first-order valence-corrected chi connectivity index (χ1v) is 18.0. The van der Waals surface area contributed by atoms with E-state index in [-0.39, 0.29) is 5.41 Å². The summed E-state index contributed by atoms with van der Waals surface area (Å²) >= 11 is 0. The molecule has 0 amide bonds. The summed E-state index contributed by atoms with van der Waals surface area (Å²) in [5.41, 5.74) is 15.1. The van der Waals surface area contributed by atoms with E-state index in [9.17, 15) is 0 Å². The van der Waals surface area contributed by atoms with Gasteiger partial charge in [0.1, 0.15) is 0 Å². The Kier molecular flexibility index (Phi) is 6.03. The summed E-state index contributed by atoms with van der Waals surface area (Å²) in [5.74, 6) is 0.631. The van der Waals surface area contributed by atoms with E-state index in [2.05, 4.69) is 204 Å². The van der Waals surface area contributed by atoms with Crippen molar-refractivity contribution in [3.05, 3.63) is 216 Å². The van der Waals surface area contributed by atoms with Crippen molar-refractivity contribution in [2.24, 2.45) is 5.92 Å². The van der Waals surface area contributed by atoms with Gasteiger partial charge in [-0.1, -0.05) is 140 Å². The van der Waals surface area contributed by atoms with Crippen molar-refractivity contribution >= 4 is 38.9 Å². The number of allylic oxidation sites excluding steroid dienone is 4. The molecule has 1 aromatic heterocycles. The van der Waals surface area contributed by atoms with Crippen LogP contribution in [0.3, 0.4) is 0 Å². The van der Waals surface area contributed by atoms with Gasteiger partial charge in [-0.15, -0.1) is 0 Å². The van der Waals surface area contributed by atoms with Crippen LogP contribution in [0.25, 0.3) is 38.6 Å². The van der Waals surface area contributed by atoms with Gasteiger partial charge in [-0.2, -0.15) is 0 Å². The van der Waals surface area contributed by atoms with Gasteiger partial charge >= 0.3 is 0 Å². The Labute approximate surface area is 297 Å². The van der Waals surface area contributed by atoms with E-state index >= 15 is 0 Å². The number of hydrogen-bond acceptors (Lipinski definition) is 1. The average Bonchev–Trinajstić information content (AvgIpc) is 3.81. The molecule has 0 bridgehead atoms. The molecule has 3 aliphatic rings. The summed E-state index contributed by atoms with van der Waals surface area (Å²) in [6.45, 7) is 0. The molecule has 0 N–H and O–H groups in total. The Morgan fingerprint density at radius 1 is 0.490 bits per heavy atom. The third-order valence-electron chi connectivity index (χ3n) is 11.7. The highest BCUT2D eigenvalue weighted by molar-refractivity contribution is 6.11. The molecule has 8 aromatic rings. The Morgan fingerprint density at radius 3 is 2.06 bits per heavy atom. The van der Waals surface area contributed by atoms with E-state index in [1.54, 1.807) is 0 Å². The van der Waals surface area contributed by atoms with Gasteiger partial charge in [0.25, 0.3) is 0 Å². The van der Waals surface area contributed by atoms with Gasteiger partial charge in [-0.3, -0.25) is 0 Å². The summed E-state index contributed by atoms with van der Waals surface area (Å²) < 4.78 is 2.39. The monoisotopic (exact) mass is 650 g/mol. The van der Waals surface area contributed by atoms with Crippen molar-refractivity contribution in [1.82, 2.24) is 4.57 Å². The minimum Gasteiger partial charge on any atom is -0.310 e. The zero-order valence-corrected chi connectivity index (χ0v) is 28.0. The van der Waals surface area contributed by atoms with Gasteiger partial charge in [0, 0.05) is 45.2 Å². The maximum absolute atomic E-state index is 2.48. The van der Waals surface area contributed by atoms with Gasteiger partial charge < -0.3 is 9.47 Å². The lowest BCUT2D eigenvalue weighted by Gasteiger charge is -2.36. The van der Waals surface area contributed by atoms with E-state index in [1.165, 1.54) is 66.6 Å². The number of nitrogens with zero attached hydrogens (tertiary/aromatic N) is 2. The smallest absolute Gasteiger partial charge is 0.0543 e. The number of aromatic nitrogens is 1. The van der Waals surface area contributed by atoms with Gasteiger partial charge in [0.05, 0.1) is 22.1 Å². The molecule has 3 unspecified atom stereocenters. The summed E-state index contributed by atoms with van der Waals surface area (Å²) in [6.07, 6.45) is 9.38. The molecule has 7 aromatic carbocycles. The first-order chi connectivity index (χ1) is 25.3. The van der Waals surface area contributed by atoms with Crippen LogP contribution in [-0.2, 0) is 5.41 Å². The molecule has 0 saturated carbocycles. The van der Waals surface area contributed by atoms with Crippen LogP contribution in [0.5, 0.6) is 0 Å². The van der Waals surface area contributed by atoms with E-state index in [0.29, 0.717) is 11.8 Å². The second-order valence-corrected chi connectivity index (χ2v) is 14.0. The zero-order valence-electron chi connectivity index (χ0n) is 28.0. The molecule has 0 aliphatic heterocycles. The lowest BCUT2D eigenvalue weighted by atomic mass is 9.65. The number of benzene rings is 7. The summed E-state index contributed by atoms with van der Waals surface area (Å²) in [6, 6.07) is 62.8. The quantitative estimate of drug-likeness (QED) is 0.184. The first-order valence-electron chi connectivity index (χ1n) is 18.0. The van der Waals surface area contributed by atoms with Gasteiger partial charge in [0.15, 0.2) is 0 Å². The maximum atomic E-state index is 2.48. The van der Waals surface area contributed by atoms with Crippen molar-refractivity contribution in [3.63, 3.8) is 0 Å². The number of para-hydroxylation sites is 3. The number of fused-ring (bicyclic) bond motifs is 13. The van der Waals surface area contributed by atoms with Gasteiger partial charge in [-0.05, 0) is 82.4 Å². The molecule has 11 rings (SSSR count). The second kappa shape index (κ2) is 10.8. The average molecular weight is 651 g/mol. The lowest BCUT2D eigenvalue weighted by Crippen LogP contribution is -2.33. The normalized spacial score (nSPS) is 19.3. The predicted octanol–water partition coefficient (Wildman–Crippen LogP) is 12.4. The standard InChI is InChI=1S/C49H34N2/c1-3-16-33(17-4-1)50(35-30-31-46-40(32-35)38-22-10-14-28-45(38)51(46)34-18-5-2-6-19-34)47-29-15-27-44-48(47)39-23-9-13-26-43(39)49(44)41-24-11-7-20-36(41)37-21-8-12-25-42(37)49/h1-32,36,41H. The van der Waals surface area contributed by atoms with Crippen LogP contribution in [0.15, 0.2) is 194 Å². The molecule has 2 nitrogen and oxygen atoms in total. The fraction of sp³-hybridized carbons (Fsp3) is 0.0612. The highest BCUT2D eigenvalue weighted by atomic mass is 15.1. The molecule has 0 saturated heterocycles. The van der Waals surface area contributed by atoms with Crippen LogP contribution < -0.4 is 4.90 Å². The molecular formula is C49H34N2. The Morgan fingerprint density at radius 2 is 1.18 bits per heavy atom. The first kappa shape index (κ1) is 28.5. The molecule has 2 heteroatoms. The largest absolute Gasteiger partial charge is 0.310 e. The van der Waals surface area contributed by atoms with Crippen molar-refractivity contribution in [3.8, 4) is 16.8 Å². The van der Waals surface area contributed by atoms with E-state index in [4.69, 9.17) is 0 Å². The molecule has 0 fully saturated rings. The van der Waals surface area contributed by atoms with Crippen molar-refractivity contribution in [2.75, 3.05) is 4.90 Å². The topological polar surface area (TPSA) is 8.17 Å². The van der Waals surface area contributed by atoms with Gasteiger partial charge in [0.2, 0.25) is 0 Å². The summed E-state index contributed by atoms with van der Waals surface area (Å²) in [4.78, 5) is 2.48. The van der Waals surface area contributed by atoms with Crippen LogP contribution in [0, 0.1) is 5.92 Å². The third kappa shape index (κ3) is 3.82. The number of hydrogen-bond donors (Lipinski definition) is 0. The van der Waals surface area contributed by atoms with Crippen molar-refractivity contribution < 1.29 is 0 Å². The molecule has 0 radical (unpaired) electrons. The Hall–Kier alpha value is -6.38. The maximum Gasteiger partial charge on any atom is 0.0543 e. The Bertz CT molecular complexity index is 2720. The van der Waals surface area contributed by atoms with Crippen LogP contribution in [-0.4, -0.2) is 4.57 Å². The predicted molar refractivity (Wildman–Crippen MR) is 212 cm³/mol. The second-order valence-electron chi connectivity index (χ2n) is 14.0. The Balaban J connectivity index is 1.20. The number of rotatable bonds is 4. The lowest BCUT2D eigenvalue weighted by molar-refractivity contribution is 0.465. The van der Waals surface area contributed by atoms with Crippen LogP contribution in [0.2, 0.25) is 0 Å². The molecular weight excluding hydrogens is 617 g/mol. The molecule has 1 spiro atoms. The van der Waals surface area contributed by atoms with E-state index < -0.39 is 0 Å². The SMILES string of the molecule is C1=CC2c3ccccc3C3(c4ccccc4-c4c(N(c5ccccc5)c5ccc6c(c5)c5ccccc5n6-c5ccccc5)cccc43)C2C=C1. The highest BCUT2D eigenvalue weighted by Gasteiger charge is 2.57. The van der Waals surface area contributed by atoms with Crippen LogP contribution in [0.4, 0.5) is 17.1 Å².